The lowest BCUT2D eigenvalue weighted by Crippen LogP contribution is -2.33. The summed E-state index contributed by atoms with van der Waals surface area (Å²) in [5.74, 6) is 0.557. The Labute approximate surface area is 178 Å². The minimum Gasteiger partial charge on any atom is -0.497 e. The second-order valence-corrected chi connectivity index (χ2v) is 8.04. The highest BCUT2D eigenvalue weighted by Crippen LogP contribution is 2.24. The van der Waals surface area contributed by atoms with Gasteiger partial charge in [-0.2, -0.15) is 0 Å². The first-order chi connectivity index (χ1) is 14.6. The average molecular weight is 423 g/mol. The number of ether oxygens (including phenoxy) is 1. The first kappa shape index (κ1) is 20.0. The van der Waals surface area contributed by atoms with Crippen molar-refractivity contribution in [3.63, 3.8) is 0 Å². The standard InChI is InChI=1S/C22H22N4O3S/c1-29-17-6-2-4-15(12-17)13-24-20(27)21-25-18-7-10-26(11-8-19(18)30-21)22(28)16-5-3-9-23-14-16/h2-6,9,12,14H,7-8,10-11,13H2,1H3,(H,24,27). The second-order valence-electron chi connectivity index (χ2n) is 6.96. The minimum absolute atomic E-state index is 0.0190. The van der Waals surface area contributed by atoms with E-state index in [1.165, 1.54) is 11.3 Å². The van der Waals surface area contributed by atoms with Crippen LogP contribution in [0, 0.1) is 0 Å². The Morgan fingerprint density at radius 2 is 2.07 bits per heavy atom. The molecule has 1 aliphatic heterocycles. The largest absolute Gasteiger partial charge is 0.497 e. The summed E-state index contributed by atoms with van der Waals surface area (Å²) in [6, 6.07) is 11.1. The molecule has 2 aromatic heterocycles. The normalized spacial score (nSPS) is 13.3. The number of methoxy groups -OCH3 is 1. The molecule has 0 atom stereocenters. The van der Waals surface area contributed by atoms with Crippen LogP contribution in [0.4, 0.5) is 0 Å². The fourth-order valence-corrected chi connectivity index (χ4v) is 4.39. The minimum atomic E-state index is -0.181. The molecule has 30 heavy (non-hydrogen) atoms. The number of nitrogens with one attached hydrogen (secondary N) is 1. The zero-order valence-corrected chi connectivity index (χ0v) is 17.4. The van der Waals surface area contributed by atoms with Crippen LogP contribution in [-0.4, -0.2) is 46.9 Å². The van der Waals surface area contributed by atoms with Gasteiger partial charge in [-0.3, -0.25) is 14.6 Å². The van der Waals surface area contributed by atoms with E-state index in [4.69, 9.17) is 4.74 Å². The molecule has 1 aliphatic rings. The highest BCUT2D eigenvalue weighted by atomic mass is 32.1. The first-order valence-electron chi connectivity index (χ1n) is 9.73. The molecule has 0 saturated carbocycles. The van der Waals surface area contributed by atoms with Crippen molar-refractivity contribution in [1.29, 1.82) is 0 Å². The number of amides is 2. The Hall–Kier alpha value is -3.26. The van der Waals surface area contributed by atoms with Gasteiger partial charge >= 0.3 is 0 Å². The maximum Gasteiger partial charge on any atom is 0.280 e. The number of pyridine rings is 1. The molecule has 154 valence electrons. The molecule has 7 nitrogen and oxygen atoms in total. The van der Waals surface area contributed by atoms with Crippen molar-refractivity contribution in [2.24, 2.45) is 0 Å². The van der Waals surface area contributed by atoms with Gasteiger partial charge in [-0.05, 0) is 29.8 Å². The number of thiazole rings is 1. The van der Waals surface area contributed by atoms with Gasteiger partial charge in [-0.1, -0.05) is 12.1 Å². The van der Waals surface area contributed by atoms with E-state index in [9.17, 15) is 9.59 Å². The van der Waals surface area contributed by atoms with Gasteiger partial charge in [0, 0.05) is 49.7 Å². The average Bonchev–Trinajstić information content (AvgIpc) is 3.11. The van der Waals surface area contributed by atoms with E-state index in [2.05, 4.69) is 15.3 Å². The molecule has 0 unspecified atom stereocenters. The fourth-order valence-electron chi connectivity index (χ4n) is 3.38. The number of benzene rings is 1. The Morgan fingerprint density at radius 3 is 2.87 bits per heavy atom. The summed E-state index contributed by atoms with van der Waals surface area (Å²) in [4.78, 5) is 36.7. The molecule has 0 saturated heterocycles. The smallest absolute Gasteiger partial charge is 0.280 e. The van der Waals surface area contributed by atoms with E-state index < -0.39 is 0 Å². The number of rotatable bonds is 5. The maximum absolute atomic E-state index is 12.7. The maximum atomic E-state index is 12.7. The summed E-state index contributed by atoms with van der Waals surface area (Å²) in [6.07, 6.45) is 4.58. The summed E-state index contributed by atoms with van der Waals surface area (Å²) in [5, 5.41) is 3.39. The monoisotopic (exact) mass is 422 g/mol. The SMILES string of the molecule is COc1cccc(CNC(=O)c2nc3c(s2)CCN(C(=O)c2cccnc2)CC3)c1. The van der Waals surface area contributed by atoms with Crippen molar-refractivity contribution in [2.75, 3.05) is 20.2 Å². The summed E-state index contributed by atoms with van der Waals surface area (Å²) in [5.41, 5.74) is 2.46. The van der Waals surface area contributed by atoms with Gasteiger partial charge in [-0.25, -0.2) is 4.98 Å². The fraction of sp³-hybridized carbons (Fsp3) is 0.273. The molecule has 0 aliphatic carbocycles. The van der Waals surface area contributed by atoms with Crippen LogP contribution in [0.3, 0.4) is 0 Å². The molecule has 0 radical (unpaired) electrons. The summed E-state index contributed by atoms with van der Waals surface area (Å²) < 4.78 is 5.21. The van der Waals surface area contributed by atoms with Crippen LogP contribution in [0.15, 0.2) is 48.8 Å². The van der Waals surface area contributed by atoms with Gasteiger partial charge in [0.25, 0.3) is 11.8 Å². The van der Waals surface area contributed by atoms with E-state index in [1.54, 1.807) is 31.6 Å². The molecule has 1 aromatic carbocycles. The third kappa shape index (κ3) is 4.49. The lowest BCUT2D eigenvalue weighted by Gasteiger charge is -2.20. The van der Waals surface area contributed by atoms with Gasteiger partial charge in [0.15, 0.2) is 5.01 Å². The highest BCUT2D eigenvalue weighted by molar-refractivity contribution is 7.13. The van der Waals surface area contributed by atoms with Crippen LogP contribution in [0.5, 0.6) is 5.75 Å². The molecule has 1 N–H and O–H groups in total. The molecule has 3 aromatic rings. The van der Waals surface area contributed by atoms with Gasteiger partial charge in [-0.15, -0.1) is 11.3 Å². The first-order valence-corrected chi connectivity index (χ1v) is 10.5. The van der Waals surface area contributed by atoms with Gasteiger partial charge < -0.3 is 15.0 Å². The second kappa shape index (κ2) is 9.04. The van der Waals surface area contributed by atoms with Crippen LogP contribution in [0.1, 0.15) is 36.3 Å². The van der Waals surface area contributed by atoms with E-state index >= 15 is 0 Å². The Kier molecular flexibility index (Phi) is 6.04. The van der Waals surface area contributed by atoms with Crippen LogP contribution < -0.4 is 10.1 Å². The predicted molar refractivity (Wildman–Crippen MR) is 114 cm³/mol. The molecule has 3 heterocycles. The number of carbonyl (C=O) groups is 2. The number of hydrogen-bond acceptors (Lipinski definition) is 6. The predicted octanol–water partition coefficient (Wildman–Crippen LogP) is 2.72. The van der Waals surface area contributed by atoms with Crippen molar-refractivity contribution in [1.82, 2.24) is 20.2 Å². The van der Waals surface area contributed by atoms with Crippen LogP contribution in [0.2, 0.25) is 0 Å². The van der Waals surface area contributed by atoms with E-state index in [0.717, 1.165) is 21.9 Å². The van der Waals surface area contributed by atoms with Crippen molar-refractivity contribution >= 4 is 23.2 Å². The van der Waals surface area contributed by atoms with E-state index in [1.807, 2.05) is 29.2 Å². The summed E-state index contributed by atoms with van der Waals surface area (Å²) in [6.45, 7) is 1.59. The molecular formula is C22H22N4O3S. The molecule has 8 heteroatoms. The van der Waals surface area contributed by atoms with Crippen molar-refractivity contribution in [3.05, 3.63) is 75.5 Å². The lowest BCUT2D eigenvalue weighted by atomic mass is 10.2. The molecule has 0 bridgehead atoms. The molecule has 0 fully saturated rings. The van der Waals surface area contributed by atoms with Crippen molar-refractivity contribution < 1.29 is 14.3 Å². The van der Waals surface area contributed by atoms with E-state index in [0.29, 0.717) is 43.0 Å². The lowest BCUT2D eigenvalue weighted by molar-refractivity contribution is 0.0762. The molecular weight excluding hydrogens is 400 g/mol. The number of aromatic nitrogens is 2. The number of fused-ring (bicyclic) bond motifs is 1. The number of carbonyl (C=O) groups excluding carboxylic acids is 2. The van der Waals surface area contributed by atoms with Crippen molar-refractivity contribution in [2.45, 2.75) is 19.4 Å². The molecule has 4 rings (SSSR count). The van der Waals surface area contributed by atoms with Gasteiger partial charge in [0.2, 0.25) is 0 Å². The third-order valence-corrected chi connectivity index (χ3v) is 6.14. The topological polar surface area (TPSA) is 84.4 Å². The molecule has 2 amide bonds. The van der Waals surface area contributed by atoms with Gasteiger partial charge in [0.1, 0.15) is 5.75 Å². The number of hydrogen-bond donors (Lipinski definition) is 1. The zero-order chi connectivity index (χ0) is 20.9. The zero-order valence-electron chi connectivity index (χ0n) is 16.6. The Morgan fingerprint density at radius 1 is 1.20 bits per heavy atom. The highest BCUT2D eigenvalue weighted by Gasteiger charge is 2.24. The third-order valence-electron chi connectivity index (χ3n) is 4.98. The Bertz CT molecular complexity index is 1030. The number of nitrogens with zero attached hydrogens (tertiary/aromatic N) is 3. The Balaban J connectivity index is 1.37. The van der Waals surface area contributed by atoms with Crippen LogP contribution >= 0.6 is 11.3 Å². The van der Waals surface area contributed by atoms with Crippen molar-refractivity contribution in [3.8, 4) is 5.75 Å². The quantitative estimate of drug-likeness (QED) is 0.683. The van der Waals surface area contributed by atoms with Crippen LogP contribution in [0.25, 0.3) is 0 Å². The van der Waals surface area contributed by atoms with Crippen LogP contribution in [-0.2, 0) is 19.4 Å². The van der Waals surface area contributed by atoms with E-state index in [-0.39, 0.29) is 11.8 Å². The van der Waals surface area contributed by atoms with Gasteiger partial charge in [0.05, 0.1) is 18.4 Å². The summed E-state index contributed by atoms with van der Waals surface area (Å²) >= 11 is 1.41. The molecule has 0 spiro atoms. The summed E-state index contributed by atoms with van der Waals surface area (Å²) in [7, 11) is 1.62.